The molecule has 2 heterocycles. The van der Waals surface area contributed by atoms with Gasteiger partial charge in [-0.15, -0.1) is 0 Å². The van der Waals surface area contributed by atoms with Gasteiger partial charge in [0.05, 0.1) is 7.11 Å². The van der Waals surface area contributed by atoms with Crippen molar-refractivity contribution in [1.82, 2.24) is 9.38 Å². The minimum absolute atomic E-state index is 0.304. The van der Waals surface area contributed by atoms with Gasteiger partial charge in [0.25, 0.3) is 0 Å². The smallest absolute Gasteiger partial charge is 0.341 e. The first-order valence-electron chi connectivity index (χ1n) is 7.49. The molecule has 0 saturated heterocycles. The topological polar surface area (TPSA) is 52.8 Å². The molecule has 0 aliphatic carbocycles. The number of nitrogens with zero attached hydrogens (tertiary/aromatic N) is 2. The van der Waals surface area contributed by atoms with Gasteiger partial charge in [0.1, 0.15) is 29.3 Å². The number of rotatable bonds is 5. The van der Waals surface area contributed by atoms with Gasteiger partial charge in [0.2, 0.25) is 0 Å². The molecule has 3 rings (SSSR count). The summed E-state index contributed by atoms with van der Waals surface area (Å²) in [6.45, 7) is 2.39. The van der Waals surface area contributed by atoms with Crippen molar-refractivity contribution in [2.75, 3.05) is 7.11 Å². The van der Waals surface area contributed by atoms with E-state index in [-0.39, 0.29) is 0 Å². The summed E-state index contributed by atoms with van der Waals surface area (Å²) in [6, 6.07) is 12.9. The van der Waals surface area contributed by atoms with Crippen molar-refractivity contribution in [3.8, 4) is 5.75 Å². The Bertz CT molecular complexity index is 839. The molecule has 0 amide bonds. The normalized spacial score (nSPS) is 10.7. The second kappa shape index (κ2) is 6.52. The van der Waals surface area contributed by atoms with Crippen LogP contribution in [-0.4, -0.2) is 22.5 Å². The number of esters is 1. The summed E-state index contributed by atoms with van der Waals surface area (Å²) in [7, 11) is 1.36. The molecule has 118 valence electrons. The molecule has 3 aromatic rings. The monoisotopic (exact) mass is 310 g/mol. The first-order chi connectivity index (χ1) is 11.2. The molecule has 0 spiro atoms. The first-order valence-corrected chi connectivity index (χ1v) is 7.49. The predicted octanol–water partition coefficient (Wildman–Crippen LogP) is 3.26. The van der Waals surface area contributed by atoms with E-state index in [1.54, 1.807) is 18.2 Å². The van der Waals surface area contributed by atoms with Crippen molar-refractivity contribution in [1.29, 1.82) is 0 Å². The Labute approximate surface area is 134 Å². The molecule has 5 heteroatoms. The van der Waals surface area contributed by atoms with Crippen molar-refractivity contribution >= 4 is 11.6 Å². The highest BCUT2D eigenvalue weighted by atomic mass is 16.5. The van der Waals surface area contributed by atoms with Gasteiger partial charge < -0.3 is 13.9 Å². The Morgan fingerprint density at radius 3 is 2.74 bits per heavy atom. The molecule has 5 nitrogen and oxygen atoms in total. The number of benzene rings is 1. The van der Waals surface area contributed by atoms with Crippen LogP contribution < -0.4 is 4.74 Å². The van der Waals surface area contributed by atoms with Gasteiger partial charge in [-0.2, -0.15) is 0 Å². The Morgan fingerprint density at radius 2 is 1.96 bits per heavy atom. The van der Waals surface area contributed by atoms with E-state index in [0.717, 1.165) is 23.5 Å². The van der Waals surface area contributed by atoms with Gasteiger partial charge in [-0.1, -0.05) is 25.1 Å². The Hall–Kier alpha value is -2.82. The average molecular weight is 310 g/mol. The van der Waals surface area contributed by atoms with E-state index in [2.05, 4.69) is 16.3 Å². The molecule has 0 radical (unpaired) electrons. The second-order valence-corrected chi connectivity index (χ2v) is 5.06. The number of pyridine rings is 1. The van der Waals surface area contributed by atoms with Crippen LogP contribution in [0.15, 0.2) is 48.7 Å². The number of aryl methyl sites for hydroxylation is 1. The molecule has 0 fully saturated rings. The van der Waals surface area contributed by atoms with Gasteiger partial charge in [0, 0.05) is 11.9 Å². The highest BCUT2D eigenvalue weighted by Crippen LogP contribution is 2.21. The summed E-state index contributed by atoms with van der Waals surface area (Å²) in [5.41, 5.74) is 3.29. The fourth-order valence-corrected chi connectivity index (χ4v) is 2.60. The zero-order valence-electron chi connectivity index (χ0n) is 13.2. The van der Waals surface area contributed by atoms with Gasteiger partial charge in [-0.25, -0.2) is 9.78 Å². The van der Waals surface area contributed by atoms with Crippen molar-refractivity contribution in [2.45, 2.75) is 20.0 Å². The van der Waals surface area contributed by atoms with Crippen molar-refractivity contribution in [3.63, 3.8) is 0 Å². The summed E-state index contributed by atoms with van der Waals surface area (Å²) >= 11 is 0. The fourth-order valence-electron chi connectivity index (χ4n) is 2.60. The van der Waals surface area contributed by atoms with Gasteiger partial charge in [-0.05, 0) is 30.7 Å². The van der Waals surface area contributed by atoms with Gasteiger partial charge in [0.15, 0.2) is 0 Å². The zero-order valence-corrected chi connectivity index (χ0v) is 13.2. The van der Waals surface area contributed by atoms with Crippen LogP contribution in [0.3, 0.4) is 0 Å². The minimum atomic E-state index is -0.411. The largest absolute Gasteiger partial charge is 0.486 e. The third-order valence-corrected chi connectivity index (χ3v) is 3.70. The van der Waals surface area contributed by atoms with Crippen LogP contribution in [0.4, 0.5) is 0 Å². The van der Waals surface area contributed by atoms with E-state index < -0.39 is 5.97 Å². The van der Waals surface area contributed by atoms with Crippen LogP contribution in [0, 0.1) is 0 Å². The molecule has 0 unspecified atom stereocenters. The molecule has 0 N–H and O–H groups in total. The lowest BCUT2D eigenvalue weighted by Crippen LogP contribution is -2.07. The third kappa shape index (κ3) is 2.90. The predicted molar refractivity (Wildman–Crippen MR) is 86.7 cm³/mol. The van der Waals surface area contributed by atoms with E-state index in [1.165, 1.54) is 7.11 Å². The lowest BCUT2D eigenvalue weighted by atomic mass is 10.2. The lowest BCUT2D eigenvalue weighted by Gasteiger charge is -2.09. The number of hydrogen-bond acceptors (Lipinski definition) is 4. The van der Waals surface area contributed by atoms with E-state index in [1.807, 2.05) is 30.5 Å². The zero-order chi connectivity index (χ0) is 16.2. The van der Waals surface area contributed by atoms with Crippen LogP contribution in [0.1, 0.15) is 28.7 Å². The number of para-hydroxylation sites is 1. The molecule has 23 heavy (non-hydrogen) atoms. The van der Waals surface area contributed by atoms with Crippen LogP contribution in [0.2, 0.25) is 0 Å². The summed E-state index contributed by atoms with van der Waals surface area (Å²) in [5, 5.41) is 0. The molecular formula is C18H18N2O3. The van der Waals surface area contributed by atoms with Crippen LogP contribution >= 0.6 is 0 Å². The maximum absolute atomic E-state index is 11.8. The molecule has 0 bridgehead atoms. The number of fused-ring (bicyclic) bond motifs is 1. The average Bonchev–Trinajstić information content (AvgIpc) is 2.97. The number of carbonyl (C=O) groups excluding carboxylic acids is 1. The second-order valence-electron chi connectivity index (χ2n) is 5.06. The summed E-state index contributed by atoms with van der Waals surface area (Å²) in [4.78, 5) is 16.4. The van der Waals surface area contributed by atoms with Crippen LogP contribution in [0.25, 0.3) is 5.65 Å². The summed E-state index contributed by atoms with van der Waals surface area (Å²) in [5.74, 6) is 0.0878. The van der Waals surface area contributed by atoms with Gasteiger partial charge in [-0.3, -0.25) is 0 Å². The van der Waals surface area contributed by atoms with Crippen LogP contribution in [0.5, 0.6) is 5.75 Å². The van der Waals surface area contributed by atoms with Crippen molar-refractivity contribution in [3.05, 3.63) is 65.6 Å². The van der Waals surface area contributed by atoms with Crippen molar-refractivity contribution in [2.24, 2.45) is 0 Å². The highest BCUT2D eigenvalue weighted by molar-refractivity contribution is 5.92. The molecule has 1 aromatic carbocycles. The number of imidazole rings is 1. The maximum Gasteiger partial charge on any atom is 0.341 e. The number of ether oxygens (including phenoxy) is 2. The Kier molecular flexibility index (Phi) is 4.28. The highest BCUT2D eigenvalue weighted by Gasteiger charge is 2.15. The fraction of sp³-hybridized carbons (Fsp3) is 0.222. The first kappa shape index (κ1) is 15.1. The summed E-state index contributed by atoms with van der Waals surface area (Å²) in [6.07, 6.45) is 2.84. The molecule has 0 aliphatic heterocycles. The quantitative estimate of drug-likeness (QED) is 0.679. The number of carbonyl (C=O) groups is 1. The Morgan fingerprint density at radius 1 is 1.17 bits per heavy atom. The molecule has 0 atom stereocenters. The molecular weight excluding hydrogens is 292 g/mol. The SMILES string of the molecule is CCc1c(COc2ccccc2C(=O)OC)nc2ccccn12. The number of aromatic nitrogens is 2. The van der Waals surface area contributed by atoms with E-state index >= 15 is 0 Å². The van der Waals surface area contributed by atoms with Crippen LogP contribution in [-0.2, 0) is 17.8 Å². The molecule has 0 aliphatic rings. The minimum Gasteiger partial charge on any atom is -0.486 e. The molecule has 0 saturated carbocycles. The lowest BCUT2D eigenvalue weighted by molar-refractivity contribution is 0.0595. The van der Waals surface area contributed by atoms with E-state index in [0.29, 0.717) is 17.9 Å². The summed E-state index contributed by atoms with van der Waals surface area (Å²) < 4.78 is 12.7. The maximum atomic E-state index is 11.8. The standard InChI is InChI=1S/C18H18N2O3/c1-3-15-14(19-17-10-6-7-11-20(15)17)12-23-16-9-5-4-8-13(16)18(21)22-2/h4-11H,3,12H2,1-2H3. The third-order valence-electron chi connectivity index (χ3n) is 3.70. The molecule has 2 aromatic heterocycles. The number of methoxy groups -OCH3 is 1. The van der Waals surface area contributed by atoms with E-state index in [4.69, 9.17) is 9.47 Å². The van der Waals surface area contributed by atoms with Gasteiger partial charge >= 0.3 is 5.97 Å². The van der Waals surface area contributed by atoms with E-state index in [9.17, 15) is 4.79 Å². The Balaban J connectivity index is 1.88. The van der Waals surface area contributed by atoms with Crippen molar-refractivity contribution < 1.29 is 14.3 Å². The number of hydrogen-bond donors (Lipinski definition) is 0.